The molecular formula is C14H10ClFN2O2. The van der Waals surface area contributed by atoms with E-state index < -0.39 is 17.0 Å². The van der Waals surface area contributed by atoms with Crippen LogP contribution in [-0.4, -0.2) is 16.1 Å². The zero-order chi connectivity index (χ0) is 14.7. The van der Waals surface area contributed by atoms with Crippen LogP contribution in [0.4, 0.5) is 10.2 Å². The lowest BCUT2D eigenvalue weighted by Crippen LogP contribution is -2.16. The average Bonchev–Trinajstić information content (AvgIpc) is 2.42. The zero-order valence-corrected chi connectivity index (χ0v) is 11.2. The molecule has 0 spiro atoms. The third-order valence-electron chi connectivity index (χ3n) is 2.76. The molecule has 0 saturated heterocycles. The van der Waals surface area contributed by atoms with Gasteiger partial charge in [0, 0.05) is 11.8 Å². The smallest absolute Gasteiger partial charge is 0.257 e. The Morgan fingerprint density at radius 1 is 1.20 bits per heavy atom. The molecule has 0 radical (unpaired) electrons. The Balaban J connectivity index is 2.33. The van der Waals surface area contributed by atoms with Crippen LogP contribution in [0.1, 0.15) is 26.3 Å². The van der Waals surface area contributed by atoms with Gasteiger partial charge in [0.25, 0.3) is 11.1 Å². The van der Waals surface area contributed by atoms with Gasteiger partial charge < -0.3 is 5.32 Å². The number of nitrogens with zero attached hydrogens (tertiary/aromatic N) is 1. The first-order chi connectivity index (χ1) is 9.50. The molecule has 0 bridgehead atoms. The van der Waals surface area contributed by atoms with Crippen LogP contribution in [0.2, 0.25) is 0 Å². The van der Waals surface area contributed by atoms with Crippen molar-refractivity contribution in [1.29, 1.82) is 0 Å². The quantitative estimate of drug-likeness (QED) is 0.884. The van der Waals surface area contributed by atoms with Gasteiger partial charge in [-0.1, -0.05) is 6.07 Å². The zero-order valence-electron chi connectivity index (χ0n) is 10.5. The largest absolute Gasteiger partial charge is 0.306 e. The van der Waals surface area contributed by atoms with E-state index in [2.05, 4.69) is 10.3 Å². The normalized spacial score (nSPS) is 10.2. The summed E-state index contributed by atoms with van der Waals surface area (Å²) < 4.78 is 13.4. The lowest BCUT2D eigenvalue weighted by molar-refractivity contribution is 0.102. The van der Waals surface area contributed by atoms with E-state index in [9.17, 15) is 14.0 Å². The number of hydrogen-bond donors (Lipinski definition) is 1. The first-order valence-electron chi connectivity index (χ1n) is 5.72. The summed E-state index contributed by atoms with van der Waals surface area (Å²) in [5.74, 6) is -0.992. The van der Waals surface area contributed by atoms with E-state index in [0.717, 1.165) is 0 Å². The number of rotatable bonds is 3. The highest BCUT2D eigenvalue weighted by Crippen LogP contribution is 2.17. The van der Waals surface area contributed by atoms with Crippen LogP contribution >= 0.6 is 11.6 Å². The molecule has 4 nitrogen and oxygen atoms in total. The number of amides is 1. The number of halogens is 2. The highest BCUT2D eigenvalue weighted by molar-refractivity contribution is 6.68. The van der Waals surface area contributed by atoms with Crippen LogP contribution < -0.4 is 5.32 Å². The summed E-state index contributed by atoms with van der Waals surface area (Å²) in [5.41, 5.74) is 0.472. The molecular weight excluding hydrogens is 283 g/mol. The lowest BCUT2D eigenvalue weighted by atomic mass is 10.1. The van der Waals surface area contributed by atoms with Gasteiger partial charge in [0.1, 0.15) is 11.6 Å². The molecule has 0 fully saturated rings. The van der Waals surface area contributed by atoms with Crippen LogP contribution in [0.3, 0.4) is 0 Å². The first-order valence-corrected chi connectivity index (χ1v) is 6.10. The Morgan fingerprint density at radius 3 is 2.60 bits per heavy atom. The molecule has 1 amide bonds. The van der Waals surface area contributed by atoms with Crippen LogP contribution in [-0.2, 0) is 0 Å². The maximum Gasteiger partial charge on any atom is 0.257 e. The molecule has 1 heterocycles. The van der Waals surface area contributed by atoms with E-state index in [1.165, 1.54) is 43.5 Å². The van der Waals surface area contributed by atoms with Gasteiger partial charge in [0.05, 0.1) is 5.56 Å². The second-order valence-electron chi connectivity index (χ2n) is 4.04. The lowest BCUT2D eigenvalue weighted by Gasteiger charge is -2.09. The van der Waals surface area contributed by atoms with Gasteiger partial charge in [0.15, 0.2) is 0 Å². The summed E-state index contributed by atoms with van der Waals surface area (Å²) in [4.78, 5) is 27.2. The minimum Gasteiger partial charge on any atom is -0.306 e. The fourth-order valence-corrected chi connectivity index (χ4v) is 1.84. The Kier molecular flexibility index (Phi) is 4.10. The highest BCUT2D eigenvalue weighted by atomic mass is 35.5. The predicted molar refractivity (Wildman–Crippen MR) is 73.5 cm³/mol. The monoisotopic (exact) mass is 292 g/mol. The molecule has 102 valence electrons. The van der Waals surface area contributed by atoms with Crippen LogP contribution in [0, 0.1) is 12.7 Å². The minimum atomic E-state index is -0.732. The van der Waals surface area contributed by atoms with Crippen LogP contribution in [0.25, 0.3) is 0 Å². The van der Waals surface area contributed by atoms with Crippen molar-refractivity contribution in [1.82, 2.24) is 4.98 Å². The van der Waals surface area contributed by atoms with Crippen LogP contribution in [0.5, 0.6) is 0 Å². The van der Waals surface area contributed by atoms with E-state index in [4.69, 9.17) is 11.6 Å². The number of pyridine rings is 1. The van der Waals surface area contributed by atoms with Crippen LogP contribution in [0.15, 0.2) is 36.5 Å². The summed E-state index contributed by atoms with van der Waals surface area (Å²) in [7, 11) is 0. The molecule has 0 aliphatic carbocycles. The number of carbonyl (C=O) groups excluding carboxylic acids is 2. The number of carbonyl (C=O) groups is 2. The van der Waals surface area contributed by atoms with Crippen molar-refractivity contribution >= 4 is 28.6 Å². The van der Waals surface area contributed by atoms with E-state index in [1.54, 1.807) is 0 Å². The average molecular weight is 293 g/mol. The molecule has 1 aromatic carbocycles. The number of nitrogens with one attached hydrogen (secondary N) is 1. The molecule has 0 aliphatic heterocycles. The second-order valence-corrected chi connectivity index (χ2v) is 4.38. The minimum absolute atomic E-state index is 0.0427. The number of anilines is 1. The standard InChI is InChI=1S/C14H10ClFN2O2/c1-8-9(4-2-6-11(8)16)14(20)18-13-10(12(15)19)5-3-7-17-13/h2-7H,1H3,(H,17,18,20). The summed E-state index contributed by atoms with van der Waals surface area (Å²) in [6.45, 7) is 1.50. The summed E-state index contributed by atoms with van der Waals surface area (Å²) in [6, 6.07) is 7.15. The second kappa shape index (κ2) is 5.79. The maximum absolute atomic E-state index is 13.4. The van der Waals surface area contributed by atoms with Crippen molar-refractivity contribution in [3.05, 3.63) is 59.0 Å². The van der Waals surface area contributed by atoms with E-state index in [-0.39, 0.29) is 22.5 Å². The van der Waals surface area contributed by atoms with Gasteiger partial charge in [-0.05, 0) is 48.4 Å². The summed E-state index contributed by atoms with van der Waals surface area (Å²) in [6.07, 6.45) is 1.41. The molecule has 0 atom stereocenters. The van der Waals surface area contributed by atoms with E-state index >= 15 is 0 Å². The third kappa shape index (κ3) is 2.83. The van der Waals surface area contributed by atoms with Gasteiger partial charge in [0.2, 0.25) is 0 Å². The molecule has 0 saturated carbocycles. The molecule has 1 aromatic heterocycles. The topological polar surface area (TPSA) is 59.1 Å². The SMILES string of the molecule is Cc1c(F)cccc1C(=O)Nc1ncccc1C(=O)Cl. The Hall–Kier alpha value is -2.27. The van der Waals surface area contributed by atoms with Crippen molar-refractivity contribution in [3.8, 4) is 0 Å². The van der Waals surface area contributed by atoms with Crippen molar-refractivity contribution in [2.24, 2.45) is 0 Å². The molecule has 1 N–H and O–H groups in total. The summed E-state index contributed by atoms with van der Waals surface area (Å²) >= 11 is 5.40. The number of hydrogen-bond acceptors (Lipinski definition) is 3. The molecule has 0 unspecified atom stereocenters. The van der Waals surface area contributed by atoms with Gasteiger partial charge in [-0.3, -0.25) is 9.59 Å². The highest BCUT2D eigenvalue weighted by Gasteiger charge is 2.16. The van der Waals surface area contributed by atoms with Gasteiger partial charge in [-0.15, -0.1) is 0 Å². The molecule has 0 aliphatic rings. The molecule has 2 aromatic rings. The fourth-order valence-electron chi connectivity index (χ4n) is 1.69. The van der Waals surface area contributed by atoms with Crippen molar-refractivity contribution in [2.45, 2.75) is 6.92 Å². The molecule has 20 heavy (non-hydrogen) atoms. The maximum atomic E-state index is 13.4. The van der Waals surface area contributed by atoms with Crippen molar-refractivity contribution < 1.29 is 14.0 Å². The number of aromatic nitrogens is 1. The third-order valence-corrected chi connectivity index (χ3v) is 2.97. The summed E-state index contributed by atoms with van der Waals surface area (Å²) in [5, 5.41) is 1.72. The van der Waals surface area contributed by atoms with E-state index in [1.807, 2.05) is 0 Å². The van der Waals surface area contributed by atoms with Gasteiger partial charge in [-0.2, -0.15) is 0 Å². The molecule has 6 heteroatoms. The van der Waals surface area contributed by atoms with Gasteiger partial charge >= 0.3 is 0 Å². The Labute approximate surface area is 119 Å². The van der Waals surface area contributed by atoms with Crippen molar-refractivity contribution in [2.75, 3.05) is 5.32 Å². The number of benzene rings is 1. The fraction of sp³-hybridized carbons (Fsp3) is 0.0714. The first kappa shape index (κ1) is 14.1. The Morgan fingerprint density at radius 2 is 1.90 bits per heavy atom. The predicted octanol–water partition coefficient (Wildman–Crippen LogP) is 3.16. The Bertz CT molecular complexity index is 689. The van der Waals surface area contributed by atoms with Gasteiger partial charge in [-0.25, -0.2) is 9.37 Å². The molecule has 2 rings (SSSR count). The van der Waals surface area contributed by atoms with Crippen molar-refractivity contribution in [3.63, 3.8) is 0 Å². The van der Waals surface area contributed by atoms with E-state index in [0.29, 0.717) is 0 Å².